The van der Waals surface area contributed by atoms with E-state index in [-0.39, 0.29) is 29.3 Å². The highest BCUT2D eigenvalue weighted by Crippen LogP contribution is 2.34. The van der Waals surface area contributed by atoms with Gasteiger partial charge in [0, 0.05) is 20.0 Å². The van der Waals surface area contributed by atoms with Gasteiger partial charge in [-0.25, -0.2) is 9.18 Å². The molecule has 1 N–H and O–H groups in total. The van der Waals surface area contributed by atoms with Crippen molar-refractivity contribution in [2.75, 3.05) is 6.61 Å². The molecular formula is C22H22ClFN2O7. The zero-order valence-electron chi connectivity index (χ0n) is 18.1. The van der Waals surface area contributed by atoms with E-state index in [4.69, 9.17) is 25.8 Å². The van der Waals surface area contributed by atoms with Crippen LogP contribution in [-0.2, 0) is 35.1 Å². The van der Waals surface area contributed by atoms with E-state index >= 15 is 0 Å². The first-order valence-electron chi connectivity index (χ1n) is 10.1. The van der Waals surface area contributed by atoms with E-state index in [2.05, 4.69) is 5.32 Å². The minimum Gasteiger partial charge on any atom is -0.465 e. The molecule has 3 atom stereocenters. The lowest BCUT2D eigenvalue weighted by Gasteiger charge is -2.36. The normalized spacial score (nSPS) is 19.4. The monoisotopic (exact) mass is 480 g/mol. The predicted molar refractivity (Wildman–Crippen MR) is 114 cm³/mol. The molecule has 33 heavy (non-hydrogen) atoms. The molecule has 3 unspecified atom stereocenters. The summed E-state index contributed by atoms with van der Waals surface area (Å²) in [6, 6.07) is 4.41. The van der Waals surface area contributed by atoms with E-state index in [1.54, 1.807) is 6.92 Å². The number of esters is 3. The molecule has 11 heteroatoms. The highest BCUT2D eigenvalue weighted by Gasteiger charge is 2.44. The fraction of sp³-hybridized carbons (Fsp3) is 0.364. The van der Waals surface area contributed by atoms with E-state index in [9.17, 15) is 23.6 Å². The number of halogens is 2. The lowest BCUT2D eigenvalue weighted by atomic mass is 9.92. The Morgan fingerprint density at radius 1 is 1.15 bits per heavy atom. The molecule has 1 aromatic heterocycles. The number of nitrogens with one attached hydrogen (secondary N) is 1. The van der Waals surface area contributed by atoms with Crippen molar-refractivity contribution in [3.8, 4) is 0 Å². The Hall–Kier alpha value is -3.24. The van der Waals surface area contributed by atoms with Crippen molar-refractivity contribution in [2.45, 2.75) is 45.7 Å². The summed E-state index contributed by atoms with van der Waals surface area (Å²) >= 11 is 5.84. The first-order chi connectivity index (χ1) is 15.6. The average Bonchev–Trinajstić information content (AvgIpc) is 2.73. The molecule has 9 nitrogen and oxygen atoms in total. The lowest BCUT2D eigenvalue weighted by molar-refractivity contribution is -0.174. The number of nitrogens with zero attached hydrogens (tertiary/aromatic N) is 1. The average molecular weight is 481 g/mol. The number of carbonyl (C=O) groups is 3. The summed E-state index contributed by atoms with van der Waals surface area (Å²) in [6.45, 7) is 4.01. The van der Waals surface area contributed by atoms with Gasteiger partial charge in [-0.15, -0.1) is 0 Å². The van der Waals surface area contributed by atoms with Crippen molar-refractivity contribution < 1.29 is 33.0 Å². The van der Waals surface area contributed by atoms with Crippen LogP contribution in [0.5, 0.6) is 0 Å². The van der Waals surface area contributed by atoms with Gasteiger partial charge in [0.2, 0.25) is 0 Å². The number of hydrogen-bond donors (Lipinski definition) is 1. The second-order valence-corrected chi connectivity index (χ2v) is 7.69. The minimum absolute atomic E-state index is 0.0225. The molecule has 0 spiro atoms. The number of rotatable bonds is 6. The van der Waals surface area contributed by atoms with Gasteiger partial charge >= 0.3 is 17.9 Å². The Labute approximate surface area is 193 Å². The maximum atomic E-state index is 13.5. The molecule has 1 aromatic carbocycles. The molecule has 0 saturated heterocycles. The standard InChI is InChI=1S/C22H22ClFN2O7/c1-4-31-22(30)18-14-7-8-26(10-13-5-6-16(24)15(23)9-13)21(29)17(14)19(32-11(2)27)20(25-18)33-12(3)28/h5-9,18-20,25H,4,10H2,1-3H3. The van der Waals surface area contributed by atoms with Gasteiger partial charge in [-0.3, -0.25) is 19.7 Å². The van der Waals surface area contributed by atoms with E-state index in [0.717, 1.165) is 13.8 Å². The molecule has 2 aromatic rings. The largest absolute Gasteiger partial charge is 0.465 e. The van der Waals surface area contributed by atoms with Crippen LogP contribution in [0.2, 0.25) is 5.02 Å². The Balaban J connectivity index is 2.13. The second-order valence-electron chi connectivity index (χ2n) is 7.28. The smallest absolute Gasteiger partial charge is 0.327 e. The van der Waals surface area contributed by atoms with Crippen molar-refractivity contribution >= 4 is 29.5 Å². The number of pyridine rings is 1. The summed E-state index contributed by atoms with van der Waals surface area (Å²) in [7, 11) is 0. The predicted octanol–water partition coefficient (Wildman–Crippen LogP) is 2.39. The van der Waals surface area contributed by atoms with Crippen molar-refractivity contribution in [1.29, 1.82) is 0 Å². The van der Waals surface area contributed by atoms with Gasteiger partial charge in [-0.05, 0) is 36.2 Å². The molecule has 2 heterocycles. The molecule has 1 aliphatic heterocycles. The molecule has 0 radical (unpaired) electrons. The lowest BCUT2D eigenvalue weighted by Crippen LogP contribution is -2.51. The van der Waals surface area contributed by atoms with Crippen molar-refractivity contribution in [3.63, 3.8) is 0 Å². The molecule has 0 aliphatic carbocycles. The summed E-state index contributed by atoms with van der Waals surface area (Å²) in [5.74, 6) is -2.73. The van der Waals surface area contributed by atoms with Crippen LogP contribution in [0.15, 0.2) is 35.3 Å². The van der Waals surface area contributed by atoms with Crippen LogP contribution in [0.1, 0.15) is 49.6 Å². The third-order valence-electron chi connectivity index (χ3n) is 4.88. The third kappa shape index (κ3) is 5.40. The summed E-state index contributed by atoms with van der Waals surface area (Å²) in [4.78, 5) is 49.5. The molecule has 176 valence electrons. The van der Waals surface area contributed by atoms with E-state index in [1.807, 2.05) is 0 Å². The van der Waals surface area contributed by atoms with Gasteiger partial charge in [-0.1, -0.05) is 17.7 Å². The number of fused-ring (bicyclic) bond motifs is 1. The zero-order chi connectivity index (χ0) is 24.3. The van der Waals surface area contributed by atoms with Gasteiger partial charge in [-0.2, -0.15) is 0 Å². The maximum Gasteiger partial charge on any atom is 0.327 e. The molecule has 1 aliphatic rings. The van der Waals surface area contributed by atoms with Gasteiger partial charge in [0.25, 0.3) is 5.56 Å². The third-order valence-corrected chi connectivity index (χ3v) is 5.17. The first kappa shape index (κ1) is 24.4. The van der Waals surface area contributed by atoms with Crippen LogP contribution in [0.3, 0.4) is 0 Å². The second kappa shape index (κ2) is 10.1. The van der Waals surface area contributed by atoms with E-state index in [1.165, 1.54) is 35.0 Å². The zero-order valence-corrected chi connectivity index (χ0v) is 18.8. The molecule has 3 rings (SSSR count). The van der Waals surface area contributed by atoms with E-state index in [0.29, 0.717) is 5.56 Å². The minimum atomic E-state index is -1.32. The van der Waals surface area contributed by atoms with Crippen LogP contribution in [0.4, 0.5) is 4.39 Å². The number of carbonyl (C=O) groups excluding carboxylic acids is 3. The first-order valence-corrected chi connectivity index (χ1v) is 10.4. The summed E-state index contributed by atoms with van der Waals surface area (Å²) in [5, 5.41) is 2.69. The van der Waals surface area contributed by atoms with Gasteiger partial charge in [0.1, 0.15) is 11.9 Å². The van der Waals surface area contributed by atoms with Crippen molar-refractivity contribution in [3.05, 3.63) is 68.3 Å². The van der Waals surface area contributed by atoms with Crippen LogP contribution in [-0.4, -0.2) is 35.3 Å². The van der Waals surface area contributed by atoms with Gasteiger partial charge < -0.3 is 18.8 Å². The molecular weight excluding hydrogens is 459 g/mol. The Bertz CT molecular complexity index is 1150. The Morgan fingerprint density at radius 3 is 2.45 bits per heavy atom. The summed E-state index contributed by atoms with van der Waals surface area (Å²) < 4.78 is 30.4. The molecule has 0 saturated carbocycles. The molecule has 0 fully saturated rings. The fourth-order valence-electron chi connectivity index (χ4n) is 3.59. The van der Waals surface area contributed by atoms with Crippen LogP contribution >= 0.6 is 11.6 Å². The Kier molecular flexibility index (Phi) is 7.50. The maximum absolute atomic E-state index is 13.5. The topological polar surface area (TPSA) is 113 Å². The highest BCUT2D eigenvalue weighted by molar-refractivity contribution is 6.30. The van der Waals surface area contributed by atoms with Gasteiger partial charge in [0.15, 0.2) is 12.3 Å². The van der Waals surface area contributed by atoms with Crippen LogP contribution < -0.4 is 10.9 Å². The van der Waals surface area contributed by atoms with Crippen molar-refractivity contribution in [1.82, 2.24) is 9.88 Å². The summed E-state index contributed by atoms with van der Waals surface area (Å²) in [6.07, 6.45) is -1.18. The van der Waals surface area contributed by atoms with Crippen molar-refractivity contribution in [2.24, 2.45) is 0 Å². The molecule has 0 bridgehead atoms. The van der Waals surface area contributed by atoms with Crippen LogP contribution in [0, 0.1) is 5.82 Å². The number of aromatic nitrogens is 1. The SMILES string of the molecule is CCOC(=O)C1NC(OC(C)=O)C(OC(C)=O)c2c1ccn(Cc1ccc(F)c(Cl)c1)c2=O. The number of ether oxygens (including phenoxy) is 3. The highest BCUT2D eigenvalue weighted by atomic mass is 35.5. The number of hydrogen-bond acceptors (Lipinski definition) is 8. The van der Waals surface area contributed by atoms with Gasteiger partial charge in [0.05, 0.1) is 23.7 Å². The van der Waals surface area contributed by atoms with E-state index < -0.39 is 47.7 Å². The Morgan fingerprint density at radius 2 is 1.85 bits per heavy atom. The fourth-order valence-corrected chi connectivity index (χ4v) is 3.79. The van der Waals surface area contributed by atoms with Crippen LogP contribution in [0.25, 0.3) is 0 Å². The quantitative estimate of drug-likeness (QED) is 0.495. The summed E-state index contributed by atoms with van der Waals surface area (Å²) in [5.41, 5.74) is 0.137. The molecule has 0 amide bonds. The number of benzene rings is 1.